The first-order chi connectivity index (χ1) is 8.63. The highest BCUT2D eigenvalue weighted by molar-refractivity contribution is 5.85. The van der Waals surface area contributed by atoms with Crippen LogP contribution in [0.2, 0.25) is 0 Å². The van der Waals surface area contributed by atoms with E-state index in [0.717, 1.165) is 5.57 Å². The first-order valence-electron chi connectivity index (χ1n) is 5.51. The Morgan fingerprint density at radius 3 is 3.00 bits per heavy atom. The first kappa shape index (κ1) is 14.1. The van der Waals surface area contributed by atoms with Crippen LogP contribution in [-0.2, 0) is 9.47 Å². The van der Waals surface area contributed by atoms with E-state index >= 15 is 0 Å². The Morgan fingerprint density at radius 1 is 1.56 bits per heavy atom. The number of aromatic nitrogens is 2. The summed E-state index contributed by atoms with van der Waals surface area (Å²) >= 11 is 0. The molecule has 1 aromatic heterocycles. The van der Waals surface area contributed by atoms with E-state index in [2.05, 4.69) is 26.6 Å². The molecule has 0 aliphatic rings. The lowest BCUT2D eigenvalue weighted by Gasteiger charge is -2.07. The number of ether oxygens (including phenoxy) is 2. The first-order valence-corrected chi connectivity index (χ1v) is 5.51. The molecule has 1 N–H and O–H groups in total. The summed E-state index contributed by atoms with van der Waals surface area (Å²) in [6, 6.07) is 1.67. The summed E-state index contributed by atoms with van der Waals surface area (Å²) in [7, 11) is 1.29. The minimum absolute atomic E-state index is 0.0327. The van der Waals surface area contributed by atoms with E-state index in [0.29, 0.717) is 25.6 Å². The Hall–Kier alpha value is -1.95. The summed E-state index contributed by atoms with van der Waals surface area (Å²) in [4.78, 5) is 19.0. The van der Waals surface area contributed by atoms with Gasteiger partial charge in [0.05, 0.1) is 20.3 Å². The van der Waals surface area contributed by atoms with Gasteiger partial charge < -0.3 is 14.8 Å². The number of hydrogen-bond acceptors (Lipinski definition) is 6. The van der Waals surface area contributed by atoms with Crippen LogP contribution in [-0.4, -0.2) is 42.8 Å². The molecule has 98 valence electrons. The summed E-state index contributed by atoms with van der Waals surface area (Å²) in [6.07, 6.45) is 1.50. The monoisotopic (exact) mass is 251 g/mol. The molecule has 18 heavy (non-hydrogen) atoms. The third-order valence-electron chi connectivity index (χ3n) is 1.92. The molecular weight excluding hydrogens is 234 g/mol. The van der Waals surface area contributed by atoms with E-state index in [4.69, 9.17) is 4.74 Å². The normalized spacial score (nSPS) is 9.89. The number of hydrogen-bond donors (Lipinski definition) is 1. The number of methoxy groups -OCH3 is 1. The van der Waals surface area contributed by atoms with Gasteiger partial charge in [-0.15, -0.1) is 0 Å². The van der Waals surface area contributed by atoms with E-state index < -0.39 is 5.97 Å². The van der Waals surface area contributed by atoms with Gasteiger partial charge in [0.1, 0.15) is 5.82 Å². The minimum atomic E-state index is -0.558. The Labute approximate surface area is 106 Å². The molecule has 0 spiro atoms. The van der Waals surface area contributed by atoms with Gasteiger partial charge in [-0.2, -0.15) is 0 Å². The third kappa shape index (κ3) is 4.92. The average molecular weight is 251 g/mol. The lowest BCUT2D eigenvalue weighted by Crippen LogP contribution is -2.13. The Balaban J connectivity index is 2.38. The van der Waals surface area contributed by atoms with Crippen molar-refractivity contribution in [3.8, 4) is 0 Å². The van der Waals surface area contributed by atoms with Crippen LogP contribution in [0.15, 0.2) is 24.4 Å². The molecule has 6 heteroatoms. The number of esters is 1. The maximum Gasteiger partial charge on any atom is 0.376 e. The summed E-state index contributed by atoms with van der Waals surface area (Å²) in [5.74, 6) is 0.0341. The lowest BCUT2D eigenvalue weighted by atomic mass is 10.4. The van der Waals surface area contributed by atoms with E-state index in [-0.39, 0.29) is 5.82 Å². The standard InChI is InChI=1S/C12H17N3O3/c1-9(2)8-18-7-6-13-10-4-5-14-11(15-10)12(16)17-3/h4-5H,1,6-8H2,2-3H3,(H,13,14,15). The summed E-state index contributed by atoms with van der Waals surface area (Å²) in [5, 5.41) is 3.02. The van der Waals surface area contributed by atoms with E-state index in [1.54, 1.807) is 6.07 Å². The molecule has 0 atom stereocenters. The molecule has 0 saturated carbocycles. The molecule has 1 aromatic rings. The Kier molecular flexibility index (Phi) is 5.79. The molecule has 0 radical (unpaired) electrons. The number of carbonyl (C=O) groups excluding carboxylic acids is 1. The van der Waals surface area contributed by atoms with Crippen molar-refractivity contribution >= 4 is 11.8 Å². The van der Waals surface area contributed by atoms with E-state index in [9.17, 15) is 4.79 Å². The molecule has 0 aromatic carbocycles. The third-order valence-corrected chi connectivity index (χ3v) is 1.92. The molecule has 0 bridgehead atoms. The van der Waals surface area contributed by atoms with Gasteiger partial charge in [-0.25, -0.2) is 14.8 Å². The second kappa shape index (κ2) is 7.39. The van der Waals surface area contributed by atoms with Gasteiger partial charge in [0.2, 0.25) is 5.82 Å². The van der Waals surface area contributed by atoms with Gasteiger partial charge >= 0.3 is 5.97 Å². The number of anilines is 1. The zero-order valence-electron chi connectivity index (χ0n) is 10.6. The molecule has 1 rings (SSSR count). The van der Waals surface area contributed by atoms with E-state index in [1.807, 2.05) is 6.92 Å². The fourth-order valence-corrected chi connectivity index (χ4v) is 1.14. The zero-order chi connectivity index (χ0) is 13.4. The van der Waals surface area contributed by atoms with Gasteiger partial charge in [-0.3, -0.25) is 0 Å². The van der Waals surface area contributed by atoms with Crippen molar-refractivity contribution in [2.75, 3.05) is 32.2 Å². The molecule has 6 nitrogen and oxygen atoms in total. The van der Waals surface area contributed by atoms with Crippen LogP contribution in [0.25, 0.3) is 0 Å². The van der Waals surface area contributed by atoms with Crippen LogP contribution in [0.1, 0.15) is 17.5 Å². The van der Waals surface area contributed by atoms with Crippen LogP contribution in [0.5, 0.6) is 0 Å². The average Bonchev–Trinajstić information content (AvgIpc) is 2.37. The van der Waals surface area contributed by atoms with Crippen molar-refractivity contribution in [3.05, 3.63) is 30.2 Å². The number of nitrogens with zero attached hydrogens (tertiary/aromatic N) is 2. The van der Waals surface area contributed by atoms with Gasteiger partial charge in [-0.05, 0) is 13.0 Å². The van der Waals surface area contributed by atoms with Crippen molar-refractivity contribution in [3.63, 3.8) is 0 Å². The van der Waals surface area contributed by atoms with Crippen molar-refractivity contribution in [1.29, 1.82) is 0 Å². The van der Waals surface area contributed by atoms with Gasteiger partial charge in [0.15, 0.2) is 0 Å². The quantitative estimate of drug-likeness (QED) is 0.447. The highest BCUT2D eigenvalue weighted by Crippen LogP contribution is 2.02. The van der Waals surface area contributed by atoms with Crippen molar-refractivity contribution in [2.24, 2.45) is 0 Å². The smallest absolute Gasteiger partial charge is 0.376 e. The van der Waals surface area contributed by atoms with Crippen molar-refractivity contribution < 1.29 is 14.3 Å². The van der Waals surface area contributed by atoms with Crippen LogP contribution in [0.3, 0.4) is 0 Å². The summed E-state index contributed by atoms with van der Waals surface area (Å²) in [5.41, 5.74) is 0.977. The highest BCUT2D eigenvalue weighted by atomic mass is 16.5. The summed E-state index contributed by atoms with van der Waals surface area (Å²) in [6.45, 7) is 7.30. The molecule has 0 amide bonds. The predicted octanol–water partition coefficient (Wildman–Crippen LogP) is 1.27. The number of carbonyl (C=O) groups is 1. The fraction of sp³-hybridized carbons (Fsp3) is 0.417. The molecule has 0 aliphatic heterocycles. The van der Waals surface area contributed by atoms with Crippen molar-refractivity contribution in [1.82, 2.24) is 9.97 Å². The molecule has 0 saturated heterocycles. The van der Waals surface area contributed by atoms with Crippen molar-refractivity contribution in [2.45, 2.75) is 6.92 Å². The van der Waals surface area contributed by atoms with Gasteiger partial charge in [0, 0.05) is 12.7 Å². The fourth-order valence-electron chi connectivity index (χ4n) is 1.14. The van der Waals surface area contributed by atoms with Gasteiger partial charge in [0.25, 0.3) is 0 Å². The van der Waals surface area contributed by atoms with Crippen LogP contribution < -0.4 is 5.32 Å². The maximum absolute atomic E-state index is 11.2. The highest BCUT2D eigenvalue weighted by Gasteiger charge is 2.08. The topological polar surface area (TPSA) is 73.3 Å². The molecular formula is C12H17N3O3. The van der Waals surface area contributed by atoms with Crippen LogP contribution in [0.4, 0.5) is 5.82 Å². The maximum atomic E-state index is 11.2. The molecule has 0 aliphatic carbocycles. The summed E-state index contributed by atoms with van der Waals surface area (Å²) < 4.78 is 9.85. The van der Waals surface area contributed by atoms with Gasteiger partial charge in [-0.1, -0.05) is 12.2 Å². The second-order valence-corrected chi connectivity index (χ2v) is 3.69. The lowest BCUT2D eigenvalue weighted by molar-refractivity contribution is 0.0587. The largest absolute Gasteiger partial charge is 0.463 e. The Morgan fingerprint density at radius 2 is 2.33 bits per heavy atom. The predicted molar refractivity (Wildman–Crippen MR) is 67.5 cm³/mol. The second-order valence-electron chi connectivity index (χ2n) is 3.69. The SMILES string of the molecule is C=C(C)COCCNc1ccnc(C(=O)OC)n1. The van der Waals surface area contributed by atoms with Crippen LogP contribution in [0, 0.1) is 0 Å². The van der Waals surface area contributed by atoms with Crippen LogP contribution >= 0.6 is 0 Å². The zero-order valence-corrected chi connectivity index (χ0v) is 10.6. The molecule has 0 unspecified atom stereocenters. The molecule has 1 heterocycles. The minimum Gasteiger partial charge on any atom is -0.463 e. The molecule has 0 fully saturated rings. The van der Waals surface area contributed by atoms with E-state index in [1.165, 1.54) is 13.3 Å². The Bertz CT molecular complexity index is 421. The number of rotatable bonds is 7. The number of nitrogens with one attached hydrogen (secondary N) is 1.